The topological polar surface area (TPSA) is 54.0 Å². The maximum absolute atomic E-state index is 12.5. The van der Waals surface area contributed by atoms with E-state index >= 15 is 0 Å². The molecule has 1 aromatic heterocycles. The van der Waals surface area contributed by atoms with Crippen LogP contribution >= 0.6 is 0 Å². The van der Waals surface area contributed by atoms with Gasteiger partial charge in [0.25, 0.3) is 0 Å². The summed E-state index contributed by atoms with van der Waals surface area (Å²) in [4.78, 5) is 16.7. The molecule has 0 saturated carbocycles. The maximum Gasteiger partial charge on any atom is 0.234 e. The summed E-state index contributed by atoms with van der Waals surface area (Å²) in [7, 11) is 0. The fourth-order valence-electron chi connectivity index (χ4n) is 2.67. The van der Waals surface area contributed by atoms with Crippen molar-refractivity contribution in [2.24, 2.45) is 0 Å². The van der Waals surface area contributed by atoms with Gasteiger partial charge < -0.3 is 10.6 Å². The molecule has 2 unspecified atom stereocenters. The monoisotopic (exact) mass is 267 g/mol. The van der Waals surface area contributed by atoms with Crippen molar-refractivity contribution in [2.75, 3.05) is 5.32 Å². The first-order chi connectivity index (χ1) is 9.75. The van der Waals surface area contributed by atoms with Crippen molar-refractivity contribution in [1.82, 2.24) is 10.3 Å². The van der Waals surface area contributed by atoms with Gasteiger partial charge in [-0.3, -0.25) is 4.79 Å². The van der Waals surface area contributed by atoms with Crippen molar-refractivity contribution in [3.05, 3.63) is 59.8 Å². The smallest absolute Gasteiger partial charge is 0.234 e. The number of amides is 1. The molecular weight excluding hydrogens is 250 g/mol. The number of aromatic nitrogens is 1. The summed E-state index contributed by atoms with van der Waals surface area (Å²) in [5.74, 6) is 0.380. The number of nitrogens with one attached hydrogen (secondary N) is 2. The van der Waals surface area contributed by atoms with Crippen molar-refractivity contribution in [2.45, 2.75) is 25.4 Å². The Bertz CT molecular complexity index is 612. The molecule has 2 heterocycles. The average Bonchev–Trinajstić information content (AvgIpc) is 2.48. The van der Waals surface area contributed by atoms with E-state index in [2.05, 4.69) is 21.7 Å². The second-order valence-corrected chi connectivity index (χ2v) is 5.05. The highest BCUT2D eigenvalue weighted by molar-refractivity contribution is 5.96. The number of anilines is 1. The lowest BCUT2D eigenvalue weighted by Crippen LogP contribution is -2.42. The Hall–Kier alpha value is -2.20. The number of hydrogen-bond donors (Lipinski definition) is 2. The minimum atomic E-state index is -0.193. The molecule has 0 fully saturated rings. The summed E-state index contributed by atoms with van der Waals surface area (Å²) in [6.07, 6.45) is 1.67. The molecule has 2 atom stereocenters. The molecule has 3 rings (SSSR count). The van der Waals surface area contributed by atoms with Gasteiger partial charge in [-0.1, -0.05) is 30.3 Å². The van der Waals surface area contributed by atoms with E-state index in [-0.39, 0.29) is 17.9 Å². The number of carbonyl (C=O) groups excluding carboxylic acids is 1. The molecule has 0 spiro atoms. The van der Waals surface area contributed by atoms with Gasteiger partial charge in [-0.05, 0) is 30.2 Å². The second-order valence-electron chi connectivity index (χ2n) is 5.05. The number of hydrogen-bond acceptors (Lipinski definition) is 3. The number of benzene rings is 1. The Morgan fingerprint density at radius 1 is 1.25 bits per heavy atom. The van der Waals surface area contributed by atoms with Crippen molar-refractivity contribution >= 4 is 11.7 Å². The molecule has 4 nitrogen and oxygen atoms in total. The third-order valence-electron chi connectivity index (χ3n) is 3.70. The Kier molecular flexibility index (Phi) is 3.48. The molecule has 1 aliphatic heterocycles. The molecule has 4 heteroatoms. The lowest BCUT2D eigenvalue weighted by Gasteiger charge is -2.31. The summed E-state index contributed by atoms with van der Waals surface area (Å²) in [6, 6.07) is 13.7. The zero-order valence-corrected chi connectivity index (χ0v) is 11.3. The van der Waals surface area contributed by atoms with Gasteiger partial charge in [0.1, 0.15) is 5.82 Å². The minimum Gasteiger partial charge on any atom is -0.310 e. The molecule has 1 aromatic carbocycles. The molecule has 1 amide bonds. The Morgan fingerprint density at radius 3 is 2.85 bits per heavy atom. The van der Waals surface area contributed by atoms with E-state index in [1.165, 1.54) is 5.56 Å². The van der Waals surface area contributed by atoms with E-state index in [1.807, 2.05) is 37.3 Å². The van der Waals surface area contributed by atoms with Crippen LogP contribution in [0.3, 0.4) is 0 Å². The fourth-order valence-corrected chi connectivity index (χ4v) is 2.67. The van der Waals surface area contributed by atoms with Gasteiger partial charge in [-0.25, -0.2) is 4.98 Å². The molecule has 20 heavy (non-hydrogen) atoms. The third kappa shape index (κ3) is 2.42. The zero-order chi connectivity index (χ0) is 13.9. The van der Waals surface area contributed by atoms with Crippen LogP contribution in [0.4, 0.5) is 5.82 Å². The van der Waals surface area contributed by atoms with E-state index in [0.29, 0.717) is 5.82 Å². The Morgan fingerprint density at radius 2 is 2.05 bits per heavy atom. The van der Waals surface area contributed by atoms with Crippen LogP contribution < -0.4 is 10.6 Å². The van der Waals surface area contributed by atoms with Crippen LogP contribution in [0.15, 0.2) is 48.7 Å². The van der Waals surface area contributed by atoms with Crippen molar-refractivity contribution < 1.29 is 4.79 Å². The highest BCUT2D eigenvalue weighted by Crippen LogP contribution is 2.28. The number of fused-ring (bicyclic) bond motifs is 1. The highest BCUT2D eigenvalue weighted by atomic mass is 16.2. The van der Waals surface area contributed by atoms with Gasteiger partial charge in [-0.2, -0.15) is 0 Å². The molecule has 0 bridgehead atoms. The van der Waals surface area contributed by atoms with Crippen molar-refractivity contribution in [1.29, 1.82) is 0 Å². The van der Waals surface area contributed by atoms with Gasteiger partial charge in [0.2, 0.25) is 5.91 Å². The summed E-state index contributed by atoms with van der Waals surface area (Å²) in [6.45, 7) is 2.85. The average molecular weight is 267 g/mol. The largest absolute Gasteiger partial charge is 0.310 e. The van der Waals surface area contributed by atoms with Crippen LogP contribution in [0.2, 0.25) is 0 Å². The van der Waals surface area contributed by atoms with Crippen molar-refractivity contribution in [3.63, 3.8) is 0 Å². The van der Waals surface area contributed by atoms with Gasteiger partial charge in [0.05, 0.1) is 5.92 Å². The first-order valence-corrected chi connectivity index (χ1v) is 6.79. The molecule has 0 aliphatic carbocycles. The first-order valence-electron chi connectivity index (χ1n) is 6.79. The number of carbonyl (C=O) groups is 1. The quantitative estimate of drug-likeness (QED) is 0.878. The lowest BCUT2D eigenvalue weighted by atomic mass is 9.85. The van der Waals surface area contributed by atoms with Crippen LogP contribution in [0.5, 0.6) is 0 Å². The minimum absolute atomic E-state index is 0.0177. The van der Waals surface area contributed by atoms with E-state index in [4.69, 9.17) is 0 Å². The van der Waals surface area contributed by atoms with Gasteiger partial charge in [-0.15, -0.1) is 0 Å². The fraction of sp³-hybridized carbons (Fsp3) is 0.250. The van der Waals surface area contributed by atoms with E-state index < -0.39 is 0 Å². The number of nitrogens with zero attached hydrogens (tertiary/aromatic N) is 1. The summed E-state index contributed by atoms with van der Waals surface area (Å²) in [5.41, 5.74) is 2.29. The van der Waals surface area contributed by atoms with Crippen LogP contribution in [-0.2, 0) is 11.3 Å². The van der Waals surface area contributed by atoms with E-state index in [1.54, 1.807) is 12.3 Å². The molecule has 1 aliphatic rings. The Labute approximate surface area is 118 Å². The SMILES string of the molecule is CC1NCc2ccccc2C1C(=O)Nc1ccccn1. The van der Waals surface area contributed by atoms with Gasteiger partial charge in [0.15, 0.2) is 0 Å². The zero-order valence-electron chi connectivity index (χ0n) is 11.3. The third-order valence-corrected chi connectivity index (χ3v) is 3.70. The molecule has 102 valence electrons. The summed E-state index contributed by atoms with van der Waals surface area (Å²) < 4.78 is 0. The number of rotatable bonds is 2. The summed E-state index contributed by atoms with van der Waals surface area (Å²) in [5, 5.41) is 6.27. The van der Waals surface area contributed by atoms with Crippen molar-refractivity contribution in [3.8, 4) is 0 Å². The van der Waals surface area contributed by atoms with Crippen LogP contribution in [0.25, 0.3) is 0 Å². The molecule has 2 N–H and O–H groups in total. The highest BCUT2D eigenvalue weighted by Gasteiger charge is 2.31. The van der Waals surface area contributed by atoms with Gasteiger partial charge in [0, 0.05) is 18.8 Å². The normalized spacial score (nSPS) is 21.1. The van der Waals surface area contributed by atoms with Crippen LogP contribution in [0.1, 0.15) is 24.0 Å². The molecule has 2 aromatic rings. The molecule has 0 radical (unpaired) electrons. The molecular formula is C16H17N3O. The van der Waals surface area contributed by atoms with E-state index in [0.717, 1.165) is 12.1 Å². The maximum atomic E-state index is 12.5. The lowest BCUT2D eigenvalue weighted by molar-refractivity contribution is -0.118. The number of pyridine rings is 1. The van der Waals surface area contributed by atoms with Gasteiger partial charge >= 0.3 is 0 Å². The predicted octanol–water partition coefficient (Wildman–Crippen LogP) is 2.30. The standard InChI is InChI=1S/C16H17N3O/c1-11-15(13-7-3-2-6-12(13)10-18-11)16(20)19-14-8-4-5-9-17-14/h2-9,11,15,18H,10H2,1H3,(H,17,19,20). The first kappa shape index (κ1) is 12.8. The van der Waals surface area contributed by atoms with E-state index in [9.17, 15) is 4.79 Å². The van der Waals surface area contributed by atoms with Crippen LogP contribution in [-0.4, -0.2) is 16.9 Å². The predicted molar refractivity (Wildman–Crippen MR) is 78.4 cm³/mol. The second kappa shape index (κ2) is 5.43. The molecule has 0 saturated heterocycles. The Balaban J connectivity index is 1.87. The summed E-state index contributed by atoms with van der Waals surface area (Å²) >= 11 is 0. The van der Waals surface area contributed by atoms with Crippen LogP contribution in [0, 0.1) is 0 Å².